The Morgan fingerprint density at radius 1 is 0.342 bits per heavy atom. The van der Waals surface area contributed by atoms with Crippen molar-refractivity contribution in [3.8, 4) is 0 Å². The van der Waals surface area contributed by atoms with Crippen molar-refractivity contribution in [3.63, 3.8) is 0 Å². The standard InChI is InChI=1S/C50H74O29/c1-20(11-7-13-22(3)44(68)78-49-42(66)37(61)32(56)27(76-49)18-71-47-40(64)35(59)30(54)25(16-52)74-47)9-5-6-10-21(2)12-8-14-23(4)45(69)79-50-43(67)38(62)33(57)28(77-50)19-72-48-41(65)36(60)31(55)26(75-48)17-70-46-39(63)34(58)29(53)24(15-51)73-46/h5-14,24-43,46-67H,15-19H2,1-4H3/b6-5+,11-7+,12-8+,20-9+,21-10-,22-13+,23-14+/t24-,25-,26-,27-,28-,29-,30-,31-,32-,33-,34+,35+,36+,37+,38+,39-,40-,41-,42-,43-,46-,47-,48-,49+,50+/m1/s1. The lowest BCUT2D eigenvalue weighted by Crippen LogP contribution is -2.62. The van der Waals surface area contributed by atoms with Crippen molar-refractivity contribution in [1.29, 1.82) is 0 Å². The fourth-order valence-electron chi connectivity index (χ4n) is 8.22. The normalized spacial score (nSPS) is 42.3. The summed E-state index contributed by atoms with van der Waals surface area (Å²) in [5.74, 6) is -1.93. The van der Waals surface area contributed by atoms with E-state index in [0.717, 1.165) is 11.1 Å². The molecule has 0 aromatic carbocycles. The molecule has 79 heavy (non-hydrogen) atoms. The number of allylic oxidation sites excluding steroid dienone is 12. The number of carbonyl (C=O) groups is 2. The zero-order valence-electron chi connectivity index (χ0n) is 43.2. The summed E-state index contributed by atoms with van der Waals surface area (Å²) in [6, 6.07) is 0. The number of rotatable bonds is 21. The summed E-state index contributed by atoms with van der Waals surface area (Å²) in [6.45, 7) is 2.91. The van der Waals surface area contributed by atoms with Crippen molar-refractivity contribution in [2.75, 3.05) is 33.0 Å². The molecule has 5 rings (SSSR count). The van der Waals surface area contributed by atoms with Crippen LogP contribution in [0.2, 0.25) is 0 Å². The van der Waals surface area contributed by atoms with Crippen LogP contribution in [0, 0.1) is 0 Å². The fourth-order valence-corrected chi connectivity index (χ4v) is 8.22. The van der Waals surface area contributed by atoms with Gasteiger partial charge in [0.15, 0.2) is 18.9 Å². The van der Waals surface area contributed by atoms with Gasteiger partial charge in [-0.1, -0.05) is 71.9 Å². The molecule has 17 N–H and O–H groups in total. The molecule has 0 unspecified atom stereocenters. The van der Waals surface area contributed by atoms with Crippen molar-refractivity contribution >= 4 is 11.9 Å². The largest absolute Gasteiger partial charge is 0.429 e. The van der Waals surface area contributed by atoms with Crippen LogP contribution in [0.3, 0.4) is 0 Å². The minimum Gasteiger partial charge on any atom is -0.429 e. The first-order valence-corrected chi connectivity index (χ1v) is 25.0. The van der Waals surface area contributed by atoms with Crippen LogP contribution in [-0.4, -0.2) is 285 Å². The first-order valence-electron chi connectivity index (χ1n) is 25.0. The molecule has 0 radical (unpaired) electrons. The predicted octanol–water partition coefficient (Wildman–Crippen LogP) is -7.40. The van der Waals surface area contributed by atoms with Gasteiger partial charge in [-0.05, 0) is 27.7 Å². The minimum atomic E-state index is -1.93. The van der Waals surface area contributed by atoms with Crippen molar-refractivity contribution in [2.45, 2.75) is 181 Å². The van der Waals surface area contributed by atoms with Gasteiger partial charge in [-0.3, -0.25) is 0 Å². The molecule has 5 aliphatic heterocycles. The fraction of sp³-hybridized carbons (Fsp3) is 0.680. The number of aliphatic hydroxyl groups is 17. The van der Waals surface area contributed by atoms with E-state index >= 15 is 0 Å². The highest BCUT2D eigenvalue weighted by Gasteiger charge is 2.51. The number of hydrogen-bond donors (Lipinski definition) is 17. The van der Waals surface area contributed by atoms with Gasteiger partial charge < -0.3 is 134 Å². The Hall–Kier alpha value is -3.88. The van der Waals surface area contributed by atoms with E-state index in [2.05, 4.69) is 0 Å². The van der Waals surface area contributed by atoms with Crippen molar-refractivity contribution < 1.29 is 144 Å². The summed E-state index contributed by atoms with van der Waals surface area (Å²) < 4.78 is 53.9. The smallest absolute Gasteiger partial charge is 0.336 e. The second kappa shape index (κ2) is 30.4. The van der Waals surface area contributed by atoms with Gasteiger partial charge in [0, 0.05) is 11.1 Å². The maximum atomic E-state index is 13.0. The zero-order valence-corrected chi connectivity index (χ0v) is 43.2. The third-order valence-corrected chi connectivity index (χ3v) is 13.3. The van der Waals surface area contributed by atoms with Crippen LogP contribution in [0.5, 0.6) is 0 Å². The van der Waals surface area contributed by atoms with E-state index in [1.807, 2.05) is 0 Å². The molecule has 0 amide bonds. The second-order valence-corrected chi connectivity index (χ2v) is 19.4. The van der Waals surface area contributed by atoms with Gasteiger partial charge >= 0.3 is 11.9 Å². The van der Waals surface area contributed by atoms with Gasteiger partial charge in [0.2, 0.25) is 12.6 Å². The Labute approximate surface area is 452 Å². The first kappa shape index (κ1) is 65.9. The van der Waals surface area contributed by atoms with Crippen molar-refractivity contribution in [1.82, 2.24) is 0 Å². The van der Waals surface area contributed by atoms with Crippen molar-refractivity contribution in [2.24, 2.45) is 0 Å². The highest BCUT2D eigenvalue weighted by Crippen LogP contribution is 2.30. The number of ether oxygens (including phenoxy) is 10. The molecule has 0 aromatic heterocycles. The molecular formula is C50H74O29. The van der Waals surface area contributed by atoms with Crippen LogP contribution >= 0.6 is 0 Å². The molecule has 5 heterocycles. The van der Waals surface area contributed by atoms with E-state index < -0.39 is 199 Å². The Bertz CT molecular complexity index is 2180. The molecule has 5 fully saturated rings. The predicted molar refractivity (Wildman–Crippen MR) is 260 cm³/mol. The lowest BCUT2D eigenvalue weighted by molar-refractivity contribution is -0.340. The highest BCUT2D eigenvalue weighted by atomic mass is 16.8. The minimum absolute atomic E-state index is 0.0280. The summed E-state index contributed by atoms with van der Waals surface area (Å²) in [5, 5.41) is 174. The second-order valence-electron chi connectivity index (χ2n) is 19.4. The van der Waals surface area contributed by atoms with Gasteiger partial charge in [-0.25, -0.2) is 9.59 Å². The van der Waals surface area contributed by atoms with Gasteiger partial charge in [0.05, 0.1) is 33.0 Å². The highest BCUT2D eigenvalue weighted by molar-refractivity contribution is 5.88. The van der Waals surface area contributed by atoms with E-state index in [4.69, 9.17) is 47.4 Å². The van der Waals surface area contributed by atoms with Crippen molar-refractivity contribution in [3.05, 3.63) is 83.1 Å². The van der Waals surface area contributed by atoms with Crippen LogP contribution < -0.4 is 0 Å². The monoisotopic (exact) mass is 1140 g/mol. The number of aliphatic hydroxyl groups excluding tert-OH is 17. The topological polar surface area (TPSA) is 470 Å². The number of carbonyl (C=O) groups excluding carboxylic acids is 2. The van der Waals surface area contributed by atoms with Gasteiger partial charge in [-0.15, -0.1) is 0 Å². The molecule has 0 bridgehead atoms. The summed E-state index contributed by atoms with van der Waals surface area (Å²) in [6.07, 6.45) is -26.7. The van der Waals surface area contributed by atoms with Gasteiger partial charge in [-0.2, -0.15) is 0 Å². The number of esters is 2. The Morgan fingerprint density at radius 3 is 0.886 bits per heavy atom. The summed E-state index contributed by atoms with van der Waals surface area (Å²) >= 11 is 0. The van der Waals surface area contributed by atoms with Crippen LogP contribution in [0.25, 0.3) is 0 Å². The molecular weight excluding hydrogens is 1060 g/mol. The molecule has 5 aliphatic rings. The lowest BCUT2D eigenvalue weighted by Gasteiger charge is -2.43. The van der Waals surface area contributed by atoms with Gasteiger partial charge in [0.25, 0.3) is 0 Å². The Kier molecular flexibility index (Phi) is 25.4. The number of hydrogen-bond acceptors (Lipinski definition) is 29. The first-order chi connectivity index (χ1) is 37.3. The zero-order chi connectivity index (χ0) is 58.6. The summed E-state index contributed by atoms with van der Waals surface area (Å²) in [4.78, 5) is 25.9. The van der Waals surface area contributed by atoms with Crippen LogP contribution in [0.15, 0.2) is 83.1 Å². The van der Waals surface area contributed by atoms with Crippen LogP contribution in [0.1, 0.15) is 27.7 Å². The molecule has 448 valence electrons. The average Bonchev–Trinajstić information content (AvgIpc) is 3.45. The molecule has 29 nitrogen and oxygen atoms in total. The quantitative estimate of drug-likeness (QED) is 0.0288. The van der Waals surface area contributed by atoms with Crippen LogP contribution in [-0.2, 0) is 57.0 Å². The molecule has 29 heteroatoms. The third-order valence-electron chi connectivity index (χ3n) is 13.3. The van der Waals surface area contributed by atoms with E-state index in [0.29, 0.717) is 0 Å². The maximum absolute atomic E-state index is 13.0. The van der Waals surface area contributed by atoms with Gasteiger partial charge in [0.1, 0.15) is 122 Å². The molecule has 25 atom stereocenters. The van der Waals surface area contributed by atoms with E-state index in [9.17, 15) is 96.4 Å². The molecule has 0 spiro atoms. The van der Waals surface area contributed by atoms with E-state index in [1.54, 1.807) is 56.4 Å². The van der Waals surface area contributed by atoms with Crippen LogP contribution in [0.4, 0.5) is 0 Å². The SMILES string of the molecule is CC(=C/C=C/C=C(C)/C=C/C=C(\C)C(=O)O[C@@H]1O[C@H](CO[C@@H]2O[C@H](CO)[C@@H](O)[C@H](O)[C@H]2O)[C@@H](O)[C@H](O)[C@H]1O)/C=C/C=C(\C)C(=O)O[C@@H]1O[C@H](CO[C@@H]2O[C@H](CO[C@@H]3O[C@H](CO)[C@@H](O)[C@H](O)[C@H]3O)[C@@H](O)[C@H](O)[C@H]2O)[C@@H](O)[C@H](O)[C@H]1O. The third kappa shape index (κ3) is 17.1. The average molecular weight is 1140 g/mol. The molecule has 0 aromatic rings. The molecule has 0 aliphatic carbocycles. The Morgan fingerprint density at radius 2 is 0.595 bits per heavy atom. The maximum Gasteiger partial charge on any atom is 0.336 e. The summed E-state index contributed by atoms with van der Waals surface area (Å²) in [7, 11) is 0. The summed E-state index contributed by atoms with van der Waals surface area (Å²) in [5.41, 5.74) is 1.57. The van der Waals surface area contributed by atoms with E-state index in [1.165, 1.54) is 32.1 Å². The Balaban J connectivity index is 1.06. The van der Waals surface area contributed by atoms with E-state index in [-0.39, 0.29) is 11.1 Å². The molecule has 5 saturated heterocycles. The molecule has 0 saturated carbocycles. The lowest BCUT2D eigenvalue weighted by atomic mass is 9.98.